The molecule has 34 heavy (non-hydrogen) atoms. The minimum Gasteiger partial charge on any atom is -0.300 e. The molecule has 0 fully saturated rings. The lowest BCUT2D eigenvalue weighted by atomic mass is 10.1. The molecular formula is C25H22ClN5O2S. The van der Waals surface area contributed by atoms with Gasteiger partial charge in [-0.1, -0.05) is 48.1 Å². The van der Waals surface area contributed by atoms with Gasteiger partial charge in [-0.25, -0.2) is 9.67 Å². The van der Waals surface area contributed by atoms with Gasteiger partial charge in [0.2, 0.25) is 5.91 Å². The Morgan fingerprint density at radius 2 is 1.91 bits per heavy atom. The maximum atomic E-state index is 13.5. The number of anilines is 1. The summed E-state index contributed by atoms with van der Waals surface area (Å²) in [5.41, 5.74) is 3.55. The van der Waals surface area contributed by atoms with Crippen LogP contribution in [0.2, 0.25) is 5.02 Å². The van der Waals surface area contributed by atoms with E-state index < -0.39 is 6.04 Å². The number of nitrogens with one attached hydrogen (secondary N) is 1. The van der Waals surface area contributed by atoms with E-state index in [0.29, 0.717) is 22.2 Å². The number of pyridine rings is 1. The summed E-state index contributed by atoms with van der Waals surface area (Å²) in [6, 6.07) is 15.8. The van der Waals surface area contributed by atoms with E-state index in [-0.39, 0.29) is 11.5 Å². The van der Waals surface area contributed by atoms with Gasteiger partial charge in [0.1, 0.15) is 11.7 Å². The maximum Gasteiger partial charge on any atom is 0.253 e. The topological polar surface area (TPSA) is 81.8 Å². The van der Waals surface area contributed by atoms with Gasteiger partial charge in [-0.05, 0) is 56.2 Å². The lowest BCUT2D eigenvalue weighted by molar-refractivity contribution is -0.119. The number of benzene rings is 2. The summed E-state index contributed by atoms with van der Waals surface area (Å²) < 4.78 is 4.17. The fourth-order valence-corrected chi connectivity index (χ4v) is 5.45. The number of thiazole rings is 1. The van der Waals surface area contributed by atoms with E-state index in [1.54, 1.807) is 21.4 Å². The number of hydrogen-bond donors (Lipinski definition) is 1. The number of aromatic nitrogens is 4. The molecule has 5 aromatic rings. The first-order valence-electron chi connectivity index (χ1n) is 10.9. The number of amides is 1. The second-order valence-corrected chi connectivity index (χ2v) is 9.58. The van der Waals surface area contributed by atoms with Gasteiger partial charge < -0.3 is 5.32 Å². The second kappa shape index (κ2) is 8.70. The van der Waals surface area contributed by atoms with E-state index in [2.05, 4.69) is 10.3 Å². The van der Waals surface area contributed by atoms with Gasteiger partial charge in [0.15, 0.2) is 5.13 Å². The molecule has 3 heterocycles. The first-order chi connectivity index (χ1) is 16.4. The molecule has 0 aliphatic heterocycles. The Morgan fingerprint density at radius 1 is 1.15 bits per heavy atom. The Hall–Kier alpha value is -3.49. The molecule has 0 saturated heterocycles. The molecule has 5 rings (SSSR count). The highest BCUT2D eigenvalue weighted by Gasteiger charge is 2.26. The zero-order valence-electron chi connectivity index (χ0n) is 18.9. The number of nitrogens with zero attached hydrogens (tertiary/aromatic N) is 4. The summed E-state index contributed by atoms with van der Waals surface area (Å²) in [6.07, 6.45) is 0.416. The third kappa shape index (κ3) is 3.78. The number of aryl methyl sites for hydroxylation is 2. The van der Waals surface area contributed by atoms with Gasteiger partial charge in [-0.15, -0.1) is 0 Å². The second-order valence-electron chi connectivity index (χ2n) is 8.11. The van der Waals surface area contributed by atoms with Crippen LogP contribution in [0, 0.1) is 13.8 Å². The molecule has 3 aromatic heterocycles. The number of carbonyl (C=O) groups is 1. The van der Waals surface area contributed by atoms with Crippen molar-refractivity contribution in [3.8, 4) is 5.69 Å². The highest BCUT2D eigenvalue weighted by molar-refractivity contribution is 7.22. The van der Waals surface area contributed by atoms with Crippen molar-refractivity contribution < 1.29 is 4.79 Å². The van der Waals surface area contributed by atoms with E-state index in [1.165, 1.54) is 11.3 Å². The molecule has 1 amide bonds. The van der Waals surface area contributed by atoms with Crippen LogP contribution in [-0.2, 0) is 4.79 Å². The van der Waals surface area contributed by atoms with Gasteiger partial charge in [0.05, 0.1) is 21.6 Å². The van der Waals surface area contributed by atoms with Gasteiger partial charge >= 0.3 is 0 Å². The summed E-state index contributed by atoms with van der Waals surface area (Å²) in [4.78, 5) is 31.3. The highest BCUT2D eigenvalue weighted by Crippen LogP contribution is 2.30. The minimum atomic E-state index is -0.746. The van der Waals surface area contributed by atoms with Gasteiger partial charge in [0.25, 0.3) is 5.56 Å². The summed E-state index contributed by atoms with van der Waals surface area (Å²) in [7, 11) is 0. The van der Waals surface area contributed by atoms with Crippen LogP contribution in [0.1, 0.15) is 30.6 Å². The van der Waals surface area contributed by atoms with Gasteiger partial charge in [-0.2, -0.15) is 5.10 Å². The Labute approximate surface area is 204 Å². The molecule has 1 unspecified atom stereocenters. The highest BCUT2D eigenvalue weighted by atomic mass is 35.5. The van der Waals surface area contributed by atoms with Crippen molar-refractivity contribution >= 4 is 55.2 Å². The van der Waals surface area contributed by atoms with Crippen molar-refractivity contribution in [1.82, 2.24) is 19.3 Å². The molecule has 1 N–H and O–H groups in total. The Kier molecular flexibility index (Phi) is 5.71. The Balaban J connectivity index is 1.64. The van der Waals surface area contributed by atoms with Crippen LogP contribution >= 0.6 is 22.9 Å². The standard InChI is InChI=1S/C25H22ClN5O2S/c1-4-19(23(33)28-25-27-18-11-10-16(26)13-20(18)34-25)30-21(32)12-14(2)22-15(3)29-31(24(22)30)17-8-6-5-7-9-17/h5-13,19H,4H2,1-3H3,(H,27,28,33). The molecular weight excluding hydrogens is 470 g/mol. The van der Waals surface area contributed by atoms with E-state index in [4.69, 9.17) is 16.7 Å². The van der Waals surface area contributed by atoms with Crippen LogP contribution in [0.15, 0.2) is 59.4 Å². The number of hydrogen-bond acceptors (Lipinski definition) is 5. The van der Waals surface area contributed by atoms with Crippen molar-refractivity contribution in [2.75, 3.05) is 5.32 Å². The van der Waals surface area contributed by atoms with E-state index >= 15 is 0 Å². The van der Waals surface area contributed by atoms with Crippen LogP contribution in [0.5, 0.6) is 0 Å². The van der Waals surface area contributed by atoms with E-state index in [1.807, 2.05) is 63.2 Å². The molecule has 2 aromatic carbocycles. The van der Waals surface area contributed by atoms with Crippen LogP contribution in [0.4, 0.5) is 5.13 Å². The quantitative estimate of drug-likeness (QED) is 0.344. The third-order valence-corrected chi connectivity index (χ3v) is 6.99. The fourth-order valence-electron chi connectivity index (χ4n) is 4.31. The number of halogens is 1. The van der Waals surface area contributed by atoms with Crippen molar-refractivity contribution in [3.05, 3.63) is 81.2 Å². The molecule has 0 bridgehead atoms. The lowest BCUT2D eigenvalue weighted by Gasteiger charge is -2.20. The minimum absolute atomic E-state index is 0.250. The van der Waals surface area contributed by atoms with Gasteiger partial charge in [0, 0.05) is 16.5 Å². The first-order valence-corrected chi connectivity index (χ1v) is 12.1. The number of fused-ring (bicyclic) bond motifs is 2. The summed E-state index contributed by atoms with van der Waals surface area (Å²) in [5.74, 6) is -0.307. The molecule has 0 radical (unpaired) electrons. The number of carbonyl (C=O) groups excluding carboxylic acids is 1. The zero-order chi connectivity index (χ0) is 24.0. The summed E-state index contributed by atoms with van der Waals surface area (Å²) in [5, 5.41) is 9.57. The lowest BCUT2D eigenvalue weighted by Crippen LogP contribution is -2.34. The third-order valence-electron chi connectivity index (χ3n) is 5.82. The average molecular weight is 492 g/mol. The summed E-state index contributed by atoms with van der Waals surface area (Å²) in [6.45, 7) is 5.69. The van der Waals surface area contributed by atoms with Crippen molar-refractivity contribution in [2.24, 2.45) is 0 Å². The van der Waals surface area contributed by atoms with Gasteiger partial charge in [-0.3, -0.25) is 14.2 Å². The van der Waals surface area contributed by atoms with E-state index in [9.17, 15) is 9.59 Å². The Morgan fingerprint density at radius 3 is 2.65 bits per heavy atom. The average Bonchev–Trinajstić information content (AvgIpc) is 3.36. The molecule has 0 aliphatic carbocycles. The predicted octanol–water partition coefficient (Wildman–Crippen LogP) is 5.66. The fraction of sp³-hybridized carbons (Fsp3) is 0.200. The smallest absolute Gasteiger partial charge is 0.253 e. The normalized spacial score (nSPS) is 12.4. The van der Waals surface area contributed by atoms with Crippen molar-refractivity contribution in [2.45, 2.75) is 33.2 Å². The van der Waals surface area contributed by atoms with E-state index in [0.717, 1.165) is 32.5 Å². The molecule has 9 heteroatoms. The SMILES string of the molecule is CCC(C(=O)Nc1nc2ccc(Cl)cc2s1)n1c(=O)cc(C)c2c(C)nn(-c3ccccc3)c21. The number of para-hydroxylation sites is 1. The van der Waals surface area contributed by atoms with Crippen LogP contribution in [0.3, 0.4) is 0 Å². The largest absolute Gasteiger partial charge is 0.300 e. The monoisotopic (exact) mass is 491 g/mol. The molecule has 7 nitrogen and oxygen atoms in total. The zero-order valence-corrected chi connectivity index (χ0v) is 20.4. The molecule has 172 valence electrons. The summed E-state index contributed by atoms with van der Waals surface area (Å²) >= 11 is 7.43. The van der Waals surface area contributed by atoms with Crippen molar-refractivity contribution in [1.29, 1.82) is 0 Å². The Bertz CT molecular complexity index is 1600. The van der Waals surface area contributed by atoms with Crippen LogP contribution in [-0.4, -0.2) is 25.2 Å². The van der Waals surface area contributed by atoms with Crippen molar-refractivity contribution in [3.63, 3.8) is 0 Å². The maximum absolute atomic E-state index is 13.5. The van der Waals surface area contributed by atoms with Crippen LogP contribution in [0.25, 0.3) is 26.9 Å². The first kappa shape index (κ1) is 22.3. The molecule has 0 spiro atoms. The van der Waals surface area contributed by atoms with Crippen LogP contribution < -0.4 is 10.9 Å². The molecule has 0 saturated carbocycles. The number of rotatable bonds is 5. The molecule has 1 atom stereocenters. The predicted molar refractivity (Wildman–Crippen MR) is 137 cm³/mol. The molecule has 0 aliphatic rings.